The van der Waals surface area contributed by atoms with Gasteiger partial charge in [0.1, 0.15) is 47.6 Å². The van der Waals surface area contributed by atoms with Crippen LogP contribution >= 0.6 is 0 Å². The van der Waals surface area contributed by atoms with Crippen LogP contribution in [0.25, 0.3) is 0 Å². The van der Waals surface area contributed by atoms with Crippen molar-refractivity contribution in [3.63, 3.8) is 0 Å². The van der Waals surface area contributed by atoms with Crippen molar-refractivity contribution in [3.8, 4) is 34.5 Å². The lowest BCUT2D eigenvalue weighted by Gasteiger charge is -2.53. The molecule has 4 aromatic rings. The molecule has 0 bridgehead atoms. The first kappa shape index (κ1) is 34.0. The minimum atomic E-state index is -0.592. The average Bonchev–Trinajstić information content (AvgIpc) is 3.09. The first-order valence-electron chi connectivity index (χ1n) is 15.9. The number of fused-ring (bicyclic) bond motifs is 3. The predicted molar refractivity (Wildman–Crippen MR) is 183 cm³/mol. The zero-order chi connectivity index (χ0) is 35.6. The van der Waals surface area contributed by atoms with E-state index in [0.29, 0.717) is 28.7 Å². The largest absolute Gasteiger partial charge is 0.485 e. The molecule has 6 rings (SSSR count). The fourth-order valence-corrected chi connectivity index (χ4v) is 6.10. The zero-order valence-corrected chi connectivity index (χ0v) is 28.1. The normalized spacial score (nSPS) is 17.6. The van der Waals surface area contributed by atoms with Crippen LogP contribution in [-0.4, -0.2) is 30.1 Å². The van der Waals surface area contributed by atoms with Crippen molar-refractivity contribution in [1.29, 1.82) is 0 Å². The van der Waals surface area contributed by atoms with E-state index in [-0.39, 0.29) is 30.1 Å². The lowest BCUT2D eigenvalue weighted by atomic mass is 9.65. The quantitative estimate of drug-likeness (QED) is 0.0554. The molecule has 10 heteroatoms. The van der Waals surface area contributed by atoms with Crippen molar-refractivity contribution >= 4 is 17.9 Å². The maximum Gasteiger partial charge on any atom is 0.343 e. The molecule has 0 saturated carbocycles. The third-order valence-electron chi connectivity index (χ3n) is 8.87. The van der Waals surface area contributed by atoms with E-state index in [1.807, 2.05) is 24.3 Å². The standard InChI is InChI=1S/C40H36O10/c1-7-34(41)45-26-13-9-24(10-14-26)23-44-50-29-18-20-31-33(22-29)49-37-36(40(31,5)6)48-32-21-28(17-19-30(32)39(37,3)4)47-38(43)25-11-15-27(16-12-25)46-35(42)8-2/h7-22,36-37H,1-2,23H2,3-6H3. The van der Waals surface area contributed by atoms with Crippen LogP contribution in [0.4, 0.5) is 0 Å². The van der Waals surface area contributed by atoms with E-state index in [9.17, 15) is 14.4 Å². The highest BCUT2D eigenvalue weighted by molar-refractivity contribution is 5.91. The molecule has 2 heterocycles. The van der Waals surface area contributed by atoms with Crippen LogP contribution in [-0.2, 0) is 31.9 Å². The highest BCUT2D eigenvalue weighted by atomic mass is 17.2. The summed E-state index contributed by atoms with van der Waals surface area (Å²) in [4.78, 5) is 46.9. The van der Waals surface area contributed by atoms with Crippen molar-refractivity contribution in [3.05, 3.63) is 132 Å². The molecule has 0 saturated heterocycles. The third-order valence-corrected chi connectivity index (χ3v) is 8.87. The summed E-state index contributed by atoms with van der Waals surface area (Å²) in [6.45, 7) is 15.4. The third kappa shape index (κ3) is 6.83. The number of benzene rings is 4. The van der Waals surface area contributed by atoms with E-state index in [0.717, 1.165) is 28.8 Å². The Labute approximate surface area is 289 Å². The number of ether oxygens (including phenoxy) is 5. The Morgan fingerprint density at radius 3 is 1.62 bits per heavy atom. The average molecular weight is 677 g/mol. The molecule has 10 nitrogen and oxygen atoms in total. The van der Waals surface area contributed by atoms with E-state index < -0.39 is 28.7 Å². The van der Waals surface area contributed by atoms with Gasteiger partial charge in [0, 0.05) is 46.2 Å². The molecule has 0 aliphatic carbocycles. The van der Waals surface area contributed by atoms with Gasteiger partial charge in [0.25, 0.3) is 0 Å². The Kier molecular flexibility index (Phi) is 9.22. The molecule has 256 valence electrons. The summed E-state index contributed by atoms with van der Waals surface area (Å²) in [6, 6.07) is 23.9. The number of rotatable bonds is 10. The lowest BCUT2D eigenvalue weighted by Crippen LogP contribution is -2.61. The molecule has 0 radical (unpaired) electrons. The first-order chi connectivity index (χ1) is 23.9. The summed E-state index contributed by atoms with van der Waals surface area (Å²) in [5.74, 6) is 1.08. The van der Waals surface area contributed by atoms with E-state index in [4.69, 9.17) is 33.5 Å². The maximum atomic E-state index is 12.9. The maximum absolute atomic E-state index is 12.9. The Bertz CT molecular complexity index is 1960. The van der Waals surface area contributed by atoms with E-state index >= 15 is 0 Å². The van der Waals surface area contributed by atoms with Gasteiger partial charge in [-0.25, -0.2) is 14.4 Å². The molecule has 0 spiro atoms. The van der Waals surface area contributed by atoms with Gasteiger partial charge in [0.15, 0.2) is 5.75 Å². The first-order valence-corrected chi connectivity index (χ1v) is 15.9. The van der Waals surface area contributed by atoms with Gasteiger partial charge >= 0.3 is 17.9 Å². The molecule has 2 aliphatic heterocycles. The summed E-state index contributed by atoms with van der Waals surface area (Å²) in [5.41, 5.74) is 1.99. The van der Waals surface area contributed by atoms with Gasteiger partial charge in [0.05, 0.1) is 5.56 Å². The molecule has 0 fully saturated rings. The van der Waals surface area contributed by atoms with Gasteiger partial charge in [0.2, 0.25) is 0 Å². The highest BCUT2D eigenvalue weighted by Gasteiger charge is 2.55. The van der Waals surface area contributed by atoms with Gasteiger partial charge in [-0.3, -0.25) is 0 Å². The molecule has 0 amide bonds. The second-order valence-corrected chi connectivity index (χ2v) is 13.0. The van der Waals surface area contributed by atoms with Crippen LogP contribution in [0, 0.1) is 0 Å². The second kappa shape index (κ2) is 13.6. The molecular formula is C40H36O10. The lowest BCUT2D eigenvalue weighted by molar-refractivity contribution is -0.217. The Balaban J connectivity index is 1.14. The molecule has 0 N–H and O–H groups in total. The van der Waals surface area contributed by atoms with Crippen molar-refractivity contribution in [2.75, 3.05) is 0 Å². The smallest absolute Gasteiger partial charge is 0.343 e. The molecule has 2 aliphatic rings. The highest BCUT2D eigenvalue weighted by Crippen LogP contribution is 2.53. The fraction of sp³-hybridized carbons (Fsp3) is 0.225. The van der Waals surface area contributed by atoms with Crippen molar-refractivity contribution < 1.29 is 47.8 Å². The van der Waals surface area contributed by atoms with Gasteiger partial charge in [-0.15, -0.1) is 0 Å². The minimum absolute atomic E-state index is 0.165. The van der Waals surface area contributed by atoms with Gasteiger partial charge in [-0.05, 0) is 54.1 Å². The van der Waals surface area contributed by atoms with Gasteiger partial charge in [-0.2, -0.15) is 4.89 Å². The number of carbonyl (C=O) groups excluding carboxylic acids is 3. The van der Waals surface area contributed by atoms with E-state index in [1.54, 1.807) is 36.4 Å². The van der Waals surface area contributed by atoms with E-state index in [2.05, 4.69) is 40.9 Å². The summed E-state index contributed by atoms with van der Waals surface area (Å²) in [7, 11) is 0. The van der Waals surface area contributed by atoms with Gasteiger partial charge in [-0.1, -0.05) is 65.1 Å². The molecule has 2 atom stereocenters. The molecule has 4 aromatic carbocycles. The van der Waals surface area contributed by atoms with Crippen molar-refractivity contribution in [2.45, 2.75) is 57.3 Å². The fourth-order valence-electron chi connectivity index (χ4n) is 6.10. The Morgan fingerprint density at radius 1 is 0.640 bits per heavy atom. The number of hydrogen-bond acceptors (Lipinski definition) is 10. The topological polar surface area (TPSA) is 116 Å². The molecule has 50 heavy (non-hydrogen) atoms. The van der Waals surface area contributed by atoms with Crippen LogP contribution in [0.3, 0.4) is 0 Å². The van der Waals surface area contributed by atoms with Crippen LogP contribution in [0.15, 0.2) is 110 Å². The SMILES string of the molecule is C=CC(=O)Oc1ccc(COOc2ccc3c(c2)OC2C(Oc4cc(OC(=O)c5ccc(OC(=O)C=C)cc5)ccc4C2(C)C)C3(C)C)cc1. The van der Waals surface area contributed by atoms with Crippen LogP contribution in [0.2, 0.25) is 0 Å². The number of carbonyl (C=O) groups is 3. The minimum Gasteiger partial charge on any atom is -0.485 e. The van der Waals surface area contributed by atoms with Crippen LogP contribution in [0.1, 0.15) is 54.7 Å². The summed E-state index contributed by atoms with van der Waals surface area (Å²) >= 11 is 0. The number of esters is 3. The zero-order valence-electron chi connectivity index (χ0n) is 28.1. The molecule has 2 unspecified atom stereocenters. The number of hydrogen-bond donors (Lipinski definition) is 0. The summed E-state index contributed by atoms with van der Waals surface area (Å²) in [5, 5.41) is 0. The Morgan fingerprint density at radius 2 is 1.10 bits per heavy atom. The predicted octanol–water partition coefficient (Wildman–Crippen LogP) is 7.38. The Hall–Kier alpha value is -5.87. The van der Waals surface area contributed by atoms with Crippen LogP contribution in [0.5, 0.6) is 34.5 Å². The monoisotopic (exact) mass is 676 g/mol. The van der Waals surface area contributed by atoms with Crippen LogP contribution < -0.4 is 28.6 Å². The van der Waals surface area contributed by atoms with E-state index in [1.165, 1.54) is 24.3 Å². The van der Waals surface area contributed by atoms with Crippen molar-refractivity contribution in [2.24, 2.45) is 0 Å². The summed E-state index contributed by atoms with van der Waals surface area (Å²) in [6.07, 6.45) is 1.44. The second-order valence-electron chi connectivity index (χ2n) is 13.0. The van der Waals surface area contributed by atoms with Gasteiger partial charge < -0.3 is 28.6 Å². The molecule has 0 aromatic heterocycles. The summed E-state index contributed by atoms with van der Waals surface area (Å²) < 4.78 is 29.2. The molecular weight excluding hydrogens is 640 g/mol. The van der Waals surface area contributed by atoms with Crippen molar-refractivity contribution in [1.82, 2.24) is 0 Å².